The molecular weight excluding hydrogens is 279 g/mol. The Balaban J connectivity index is 1.73. The van der Waals surface area contributed by atoms with Gasteiger partial charge in [-0.2, -0.15) is 9.37 Å². The summed E-state index contributed by atoms with van der Waals surface area (Å²) in [5.74, 6) is -3.64. The van der Waals surface area contributed by atoms with Crippen LogP contribution in [0, 0.1) is 17.6 Å². The van der Waals surface area contributed by atoms with Crippen molar-refractivity contribution in [1.82, 2.24) is 9.88 Å². The van der Waals surface area contributed by atoms with E-state index in [-0.39, 0.29) is 5.82 Å². The van der Waals surface area contributed by atoms with Gasteiger partial charge in [0.05, 0.1) is 0 Å². The maximum absolute atomic E-state index is 13.4. The van der Waals surface area contributed by atoms with Crippen LogP contribution in [0.15, 0.2) is 6.07 Å². The monoisotopic (exact) mass is 301 g/mol. The highest BCUT2D eigenvalue weighted by Gasteiger charge is 2.17. The van der Waals surface area contributed by atoms with E-state index in [1.807, 2.05) is 0 Å². The summed E-state index contributed by atoms with van der Waals surface area (Å²) in [6, 6.07) is 1.15. The molecule has 0 unspecified atom stereocenters. The first kappa shape index (κ1) is 16.1. The van der Waals surface area contributed by atoms with Crippen LogP contribution in [0.2, 0.25) is 0 Å². The summed E-state index contributed by atoms with van der Waals surface area (Å²) in [6.45, 7) is 1.37. The molecule has 1 aliphatic rings. The van der Waals surface area contributed by atoms with Crippen molar-refractivity contribution >= 4 is 5.82 Å². The third-order valence-electron chi connectivity index (χ3n) is 4.06. The highest BCUT2D eigenvalue weighted by molar-refractivity contribution is 5.35. The molecule has 6 heteroatoms. The summed E-state index contributed by atoms with van der Waals surface area (Å²) < 4.78 is 39.1. The number of nitrogens with one attached hydrogen (secondary N) is 1. The first-order chi connectivity index (χ1) is 10.1. The van der Waals surface area contributed by atoms with Crippen LogP contribution in [0.4, 0.5) is 19.0 Å². The molecule has 0 amide bonds. The maximum Gasteiger partial charge on any atom is 0.251 e. The zero-order valence-electron chi connectivity index (χ0n) is 12.3. The molecule has 0 aromatic carbocycles. The highest BCUT2D eigenvalue weighted by Crippen LogP contribution is 2.21. The Hall–Kier alpha value is -1.30. The van der Waals surface area contributed by atoms with Crippen LogP contribution < -0.4 is 5.32 Å². The van der Waals surface area contributed by atoms with E-state index in [2.05, 4.69) is 22.2 Å². The first-order valence-corrected chi connectivity index (χ1v) is 7.53. The fourth-order valence-electron chi connectivity index (χ4n) is 2.81. The topological polar surface area (TPSA) is 28.2 Å². The molecular formula is C15H22F3N3. The minimum atomic E-state index is -1.28. The average molecular weight is 301 g/mol. The summed E-state index contributed by atoms with van der Waals surface area (Å²) in [7, 11) is 2.10. The van der Waals surface area contributed by atoms with E-state index in [9.17, 15) is 13.2 Å². The molecule has 3 nitrogen and oxygen atoms in total. The van der Waals surface area contributed by atoms with E-state index < -0.39 is 17.6 Å². The number of rotatable bonds is 6. The van der Waals surface area contributed by atoms with E-state index in [1.54, 1.807) is 0 Å². The molecule has 1 N–H and O–H groups in total. The maximum atomic E-state index is 13.4. The van der Waals surface area contributed by atoms with E-state index in [4.69, 9.17) is 0 Å². The molecule has 1 aromatic rings. The van der Waals surface area contributed by atoms with Gasteiger partial charge in [0.2, 0.25) is 0 Å². The van der Waals surface area contributed by atoms with Crippen LogP contribution >= 0.6 is 0 Å². The Morgan fingerprint density at radius 2 is 1.90 bits per heavy atom. The molecule has 1 saturated carbocycles. The molecule has 0 aliphatic heterocycles. The number of hydrogen-bond acceptors (Lipinski definition) is 3. The molecule has 0 saturated heterocycles. The molecule has 2 rings (SSSR count). The predicted octanol–water partition coefficient (Wildman–Crippen LogP) is 3.57. The number of nitrogens with zero attached hydrogens (tertiary/aromatic N) is 2. The fourth-order valence-corrected chi connectivity index (χ4v) is 2.81. The van der Waals surface area contributed by atoms with Crippen molar-refractivity contribution < 1.29 is 13.2 Å². The molecule has 1 heterocycles. The van der Waals surface area contributed by atoms with Crippen molar-refractivity contribution in [3.05, 3.63) is 23.6 Å². The Morgan fingerprint density at radius 1 is 1.19 bits per heavy atom. The molecule has 118 valence electrons. The van der Waals surface area contributed by atoms with E-state index >= 15 is 0 Å². The Morgan fingerprint density at radius 3 is 2.62 bits per heavy atom. The van der Waals surface area contributed by atoms with Crippen LogP contribution in [0.25, 0.3) is 0 Å². The lowest BCUT2D eigenvalue weighted by Crippen LogP contribution is -2.34. The Kier molecular flexibility index (Phi) is 5.85. The van der Waals surface area contributed by atoms with Gasteiger partial charge in [0.1, 0.15) is 0 Å². The smallest absolute Gasteiger partial charge is 0.251 e. The van der Waals surface area contributed by atoms with E-state index in [1.165, 1.54) is 32.1 Å². The van der Waals surface area contributed by atoms with Crippen LogP contribution in [0.5, 0.6) is 0 Å². The normalized spacial score (nSPS) is 16.4. The van der Waals surface area contributed by atoms with Crippen molar-refractivity contribution in [2.75, 3.05) is 25.5 Å². The number of hydrogen-bond donors (Lipinski definition) is 1. The first-order valence-electron chi connectivity index (χ1n) is 7.53. The van der Waals surface area contributed by atoms with Crippen LogP contribution in [-0.2, 0) is 0 Å². The molecule has 21 heavy (non-hydrogen) atoms. The zero-order valence-corrected chi connectivity index (χ0v) is 12.3. The van der Waals surface area contributed by atoms with Crippen molar-refractivity contribution in [3.8, 4) is 0 Å². The average Bonchev–Trinajstić information content (AvgIpc) is 2.49. The van der Waals surface area contributed by atoms with E-state index in [0.29, 0.717) is 18.7 Å². The van der Waals surface area contributed by atoms with Crippen LogP contribution in [0.3, 0.4) is 0 Å². The summed E-state index contributed by atoms with van der Waals surface area (Å²) in [5, 5.41) is 2.72. The van der Waals surface area contributed by atoms with Crippen molar-refractivity contribution in [3.63, 3.8) is 0 Å². The van der Waals surface area contributed by atoms with Gasteiger partial charge in [0.25, 0.3) is 5.95 Å². The largest absolute Gasteiger partial charge is 0.367 e. The molecule has 1 fully saturated rings. The van der Waals surface area contributed by atoms with Gasteiger partial charge in [-0.05, 0) is 32.9 Å². The van der Waals surface area contributed by atoms with Gasteiger partial charge >= 0.3 is 0 Å². The van der Waals surface area contributed by atoms with Crippen LogP contribution in [-0.4, -0.2) is 36.1 Å². The number of halogens is 3. The standard InChI is InChI=1S/C15H22F3N3/c1-21(11-6-3-2-4-7-11)9-5-8-19-15-13(17)10-12(16)14(18)20-15/h10-11H,2-9H2,1H3,(H,19,20). The second-order valence-corrected chi connectivity index (χ2v) is 5.64. The molecule has 0 bridgehead atoms. The van der Waals surface area contributed by atoms with Gasteiger partial charge in [0, 0.05) is 18.7 Å². The summed E-state index contributed by atoms with van der Waals surface area (Å²) in [6.07, 6.45) is 7.18. The van der Waals surface area contributed by atoms with E-state index in [0.717, 1.165) is 13.0 Å². The predicted molar refractivity (Wildman–Crippen MR) is 76.7 cm³/mol. The van der Waals surface area contributed by atoms with Gasteiger partial charge in [0.15, 0.2) is 17.5 Å². The quantitative estimate of drug-likeness (QED) is 0.643. The molecule has 0 spiro atoms. The van der Waals surface area contributed by atoms with Gasteiger partial charge in [-0.3, -0.25) is 0 Å². The minimum Gasteiger partial charge on any atom is -0.367 e. The summed E-state index contributed by atoms with van der Waals surface area (Å²) >= 11 is 0. The summed E-state index contributed by atoms with van der Waals surface area (Å²) in [4.78, 5) is 5.57. The van der Waals surface area contributed by atoms with Crippen LogP contribution in [0.1, 0.15) is 38.5 Å². The number of anilines is 1. The summed E-state index contributed by atoms with van der Waals surface area (Å²) in [5.41, 5.74) is 0. The van der Waals surface area contributed by atoms with Gasteiger partial charge in [-0.25, -0.2) is 8.78 Å². The highest BCUT2D eigenvalue weighted by atomic mass is 19.2. The SMILES string of the molecule is CN(CCCNc1nc(F)c(F)cc1F)C1CCCCC1. The minimum absolute atomic E-state index is 0.228. The third-order valence-corrected chi connectivity index (χ3v) is 4.06. The molecule has 1 aliphatic carbocycles. The molecule has 0 atom stereocenters. The fraction of sp³-hybridized carbons (Fsp3) is 0.667. The van der Waals surface area contributed by atoms with Crippen molar-refractivity contribution in [2.45, 2.75) is 44.6 Å². The van der Waals surface area contributed by atoms with Crippen molar-refractivity contribution in [1.29, 1.82) is 0 Å². The molecule has 1 aromatic heterocycles. The number of aromatic nitrogens is 1. The number of pyridine rings is 1. The second kappa shape index (κ2) is 7.64. The Bertz CT molecular complexity index is 462. The molecule has 0 radical (unpaired) electrons. The zero-order chi connectivity index (χ0) is 15.2. The second-order valence-electron chi connectivity index (χ2n) is 5.64. The lowest BCUT2D eigenvalue weighted by Gasteiger charge is -2.31. The third kappa shape index (κ3) is 4.59. The lowest BCUT2D eigenvalue weighted by atomic mass is 9.94. The lowest BCUT2D eigenvalue weighted by molar-refractivity contribution is 0.191. The van der Waals surface area contributed by atoms with Gasteiger partial charge in [-0.1, -0.05) is 19.3 Å². The Labute approximate surface area is 123 Å². The van der Waals surface area contributed by atoms with Crippen molar-refractivity contribution in [2.24, 2.45) is 0 Å². The van der Waals surface area contributed by atoms with Gasteiger partial charge in [-0.15, -0.1) is 0 Å². The van der Waals surface area contributed by atoms with Gasteiger partial charge < -0.3 is 10.2 Å².